The minimum absolute atomic E-state index is 0.00287. The van der Waals surface area contributed by atoms with E-state index < -0.39 is 11.4 Å². The van der Waals surface area contributed by atoms with E-state index in [2.05, 4.69) is 4.98 Å². The monoisotopic (exact) mass is 179 g/mol. The number of halogens is 1. The molecule has 0 aliphatic carbocycles. The number of pyridine rings is 1. The smallest absolute Gasteiger partial charge is 0.281 e. The Morgan fingerprint density at radius 2 is 2.23 bits per heavy atom. The highest BCUT2D eigenvalue weighted by molar-refractivity contribution is 5.43. The first-order valence-electron chi connectivity index (χ1n) is 3.61. The summed E-state index contributed by atoms with van der Waals surface area (Å²) in [4.78, 5) is 15.2. The van der Waals surface area contributed by atoms with E-state index in [1.807, 2.05) is 0 Å². The van der Waals surface area contributed by atoms with Gasteiger partial charge >= 0.3 is 0 Å². The number of fused-ring (bicyclic) bond motifs is 1. The van der Waals surface area contributed by atoms with E-state index in [1.54, 1.807) is 0 Å². The van der Waals surface area contributed by atoms with Crippen LogP contribution in [-0.4, -0.2) is 9.38 Å². The second-order valence-electron chi connectivity index (χ2n) is 2.59. The van der Waals surface area contributed by atoms with Crippen molar-refractivity contribution in [3.63, 3.8) is 0 Å². The van der Waals surface area contributed by atoms with Crippen LogP contribution in [0.3, 0.4) is 0 Å². The molecule has 0 atom stereocenters. The molecule has 0 saturated carbocycles. The van der Waals surface area contributed by atoms with Gasteiger partial charge < -0.3 is 5.73 Å². The van der Waals surface area contributed by atoms with E-state index in [4.69, 9.17) is 5.73 Å². The molecule has 0 aliphatic rings. The maximum atomic E-state index is 12.7. The van der Waals surface area contributed by atoms with Gasteiger partial charge in [0.1, 0.15) is 17.2 Å². The van der Waals surface area contributed by atoms with Crippen LogP contribution in [0.2, 0.25) is 0 Å². The van der Waals surface area contributed by atoms with Gasteiger partial charge in [0.2, 0.25) is 0 Å². The third-order valence-corrected chi connectivity index (χ3v) is 1.69. The van der Waals surface area contributed by atoms with Gasteiger partial charge in [0.05, 0.1) is 6.20 Å². The molecule has 2 aromatic heterocycles. The molecule has 2 heterocycles. The van der Waals surface area contributed by atoms with Crippen LogP contribution in [0.1, 0.15) is 0 Å². The topological polar surface area (TPSA) is 60.4 Å². The van der Waals surface area contributed by atoms with E-state index in [1.165, 1.54) is 18.3 Å². The predicted molar refractivity (Wildman–Crippen MR) is 45.8 cm³/mol. The van der Waals surface area contributed by atoms with Crippen molar-refractivity contribution in [2.24, 2.45) is 0 Å². The first-order valence-corrected chi connectivity index (χ1v) is 3.61. The molecule has 5 heteroatoms. The lowest BCUT2D eigenvalue weighted by atomic mass is 10.4. The quantitative estimate of drug-likeness (QED) is 0.637. The molecule has 2 rings (SSSR count). The number of anilines is 1. The maximum absolute atomic E-state index is 12.7. The Bertz CT molecular complexity index is 515. The lowest BCUT2D eigenvalue weighted by molar-refractivity contribution is 0.617. The van der Waals surface area contributed by atoms with Crippen LogP contribution >= 0.6 is 0 Å². The van der Waals surface area contributed by atoms with Gasteiger partial charge in [-0.05, 0) is 12.1 Å². The Morgan fingerprint density at radius 1 is 1.46 bits per heavy atom. The van der Waals surface area contributed by atoms with Gasteiger partial charge in [0.25, 0.3) is 5.56 Å². The molecule has 0 bridgehead atoms. The summed E-state index contributed by atoms with van der Waals surface area (Å²) >= 11 is 0. The Balaban J connectivity index is 2.97. The molecule has 0 fully saturated rings. The minimum atomic E-state index is -0.498. The molecular formula is C8H6FN3O. The molecule has 66 valence electrons. The molecule has 0 amide bonds. The standard InChI is InChI=1S/C8H6FN3O/c9-5-1-2-7-11-3-6(10)8(13)12(7)4-5/h1-4H,10H2. The van der Waals surface area contributed by atoms with Crippen LogP contribution in [0, 0.1) is 5.82 Å². The number of nitrogens with two attached hydrogens (primary N) is 1. The Hall–Kier alpha value is -1.91. The van der Waals surface area contributed by atoms with Crippen LogP contribution in [0.15, 0.2) is 29.3 Å². The molecular weight excluding hydrogens is 173 g/mol. The molecule has 2 N–H and O–H groups in total. The Kier molecular flexibility index (Phi) is 1.51. The summed E-state index contributed by atoms with van der Waals surface area (Å²) in [6, 6.07) is 2.65. The average molecular weight is 179 g/mol. The lowest BCUT2D eigenvalue weighted by Gasteiger charge is -1.99. The molecule has 0 aromatic carbocycles. The first-order chi connectivity index (χ1) is 6.18. The molecule has 4 nitrogen and oxygen atoms in total. The second kappa shape index (κ2) is 2.55. The molecule has 0 saturated heterocycles. The van der Waals surface area contributed by atoms with Crippen molar-refractivity contribution < 1.29 is 4.39 Å². The van der Waals surface area contributed by atoms with Gasteiger partial charge in [-0.15, -0.1) is 0 Å². The highest BCUT2D eigenvalue weighted by Gasteiger charge is 2.01. The largest absolute Gasteiger partial charge is 0.393 e. The van der Waals surface area contributed by atoms with Gasteiger partial charge in [-0.25, -0.2) is 9.37 Å². The SMILES string of the molecule is Nc1cnc2ccc(F)cn2c1=O. The summed E-state index contributed by atoms with van der Waals surface area (Å²) in [6.45, 7) is 0. The van der Waals surface area contributed by atoms with Gasteiger partial charge in [0.15, 0.2) is 0 Å². The fraction of sp³-hybridized carbons (Fsp3) is 0. The summed E-state index contributed by atoms with van der Waals surface area (Å²) in [5.41, 5.74) is 5.24. The fourth-order valence-corrected chi connectivity index (χ4v) is 1.06. The second-order valence-corrected chi connectivity index (χ2v) is 2.59. The first kappa shape index (κ1) is 7.72. The molecule has 0 radical (unpaired) electrons. The van der Waals surface area contributed by atoms with Crippen LogP contribution < -0.4 is 11.3 Å². The van der Waals surface area contributed by atoms with Crippen LogP contribution in [0.4, 0.5) is 10.1 Å². The molecule has 2 aromatic rings. The van der Waals surface area contributed by atoms with Crippen molar-refractivity contribution >= 4 is 11.3 Å². The average Bonchev–Trinajstić information content (AvgIpc) is 2.12. The van der Waals surface area contributed by atoms with E-state index in [9.17, 15) is 9.18 Å². The van der Waals surface area contributed by atoms with E-state index in [0.717, 1.165) is 10.6 Å². The Morgan fingerprint density at radius 3 is 3.00 bits per heavy atom. The number of aromatic nitrogens is 2. The molecule has 13 heavy (non-hydrogen) atoms. The van der Waals surface area contributed by atoms with Crippen molar-refractivity contribution in [1.29, 1.82) is 0 Å². The zero-order valence-electron chi connectivity index (χ0n) is 6.57. The third kappa shape index (κ3) is 1.14. The van der Waals surface area contributed by atoms with Crippen molar-refractivity contribution in [1.82, 2.24) is 9.38 Å². The molecule has 0 unspecified atom stereocenters. The summed E-state index contributed by atoms with van der Waals surface area (Å²) in [6.07, 6.45) is 2.32. The van der Waals surface area contributed by atoms with E-state index >= 15 is 0 Å². The summed E-state index contributed by atoms with van der Waals surface area (Å²) in [7, 11) is 0. The van der Waals surface area contributed by atoms with Crippen LogP contribution in [0.5, 0.6) is 0 Å². The van der Waals surface area contributed by atoms with Crippen molar-refractivity contribution in [2.75, 3.05) is 5.73 Å². The minimum Gasteiger partial charge on any atom is -0.393 e. The summed E-state index contributed by atoms with van der Waals surface area (Å²) < 4.78 is 13.8. The normalized spacial score (nSPS) is 10.5. The summed E-state index contributed by atoms with van der Waals surface area (Å²) in [5.74, 6) is -0.498. The zero-order chi connectivity index (χ0) is 9.42. The zero-order valence-corrected chi connectivity index (χ0v) is 6.57. The highest BCUT2D eigenvalue weighted by atomic mass is 19.1. The van der Waals surface area contributed by atoms with Crippen molar-refractivity contribution in [3.05, 3.63) is 40.7 Å². The molecule has 0 spiro atoms. The van der Waals surface area contributed by atoms with Crippen LogP contribution in [-0.2, 0) is 0 Å². The van der Waals surface area contributed by atoms with Crippen molar-refractivity contribution in [3.8, 4) is 0 Å². The van der Waals surface area contributed by atoms with Gasteiger partial charge in [-0.3, -0.25) is 9.20 Å². The number of hydrogen-bond donors (Lipinski definition) is 1. The highest BCUT2D eigenvalue weighted by Crippen LogP contribution is 2.01. The third-order valence-electron chi connectivity index (χ3n) is 1.69. The van der Waals surface area contributed by atoms with Gasteiger partial charge in [0, 0.05) is 6.20 Å². The van der Waals surface area contributed by atoms with Crippen molar-refractivity contribution in [2.45, 2.75) is 0 Å². The number of nitrogens with zero attached hydrogens (tertiary/aromatic N) is 2. The number of hydrogen-bond acceptors (Lipinski definition) is 3. The summed E-state index contributed by atoms with van der Waals surface area (Å²) in [5, 5.41) is 0. The van der Waals surface area contributed by atoms with Gasteiger partial charge in [-0.2, -0.15) is 0 Å². The van der Waals surface area contributed by atoms with E-state index in [-0.39, 0.29) is 5.69 Å². The van der Waals surface area contributed by atoms with Gasteiger partial charge in [-0.1, -0.05) is 0 Å². The predicted octanol–water partition coefficient (Wildman–Crippen LogP) is 0.416. The van der Waals surface area contributed by atoms with E-state index in [0.29, 0.717) is 5.65 Å². The molecule has 0 aliphatic heterocycles. The fourth-order valence-electron chi connectivity index (χ4n) is 1.06. The maximum Gasteiger partial charge on any atom is 0.281 e. The lowest BCUT2D eigenvalue weighted by Crippen LogP contribution is -2.18. The number of nitrogen functional groups attached to an aromatic ring is 1. The van der Waals surface area contributed by atoms with Crippen LogP contribution in [0.25, 0.3) is 5.65 Å². The Labute approximate surface area is 72.4 Å². The number of rotatable bonds is 0.